The topological polar surface area (TPSA) is 75.3 Å². The van der Waals surface area contributed by atoms with E-state index in [1.54, 1.807) is 0 Å². The maximum atomic E-state index is 12.6. The van der Waals surface area contributed by atoms with Crippen LogP contribution in [0.25, 0.3) is 0 Å². The van der Waals surface area contributed by atoms with Gasteiger partial charge in [-0.1, -0.05) is 155 Å². The highest BCUT2D eigenvalue weighted by Gasteiger charge is 2.26. The molecule has 1 amide bonds. The third-order valence-corrected chi connectivity index (χ3v) is 9.57. The van der Waals surface area contributed by atoms with Crippen LogP contribution in [0.4, 0.5) is 4.79 Å². The van der Waals surface area contributed by atoms with Crippen molar-refractivity contribution in [1.29, 1.82) is 0 Å². The van der Waals surface area contributed by atoms with Gasteiger partial charge < -0.3 is 29.0 Å². The summed E-state index contributed by atoms with van der Waals surface area (Å²) in [6.45, 7) is 19.8. The van der Waals surface area contributed by atoms with E-state index in [2.05, 4.69) is 19.2 Å². The van der Waals surface area contributed by atoms with Crippen LogP contribution in [0.5, 0.6) is 0 Å². The smallest absolute Gasteiger partial charge is 0.407 e. The maximum absolute atomic E-state index is 12.6. The molecule has 0 bridgehead atoms. The molecule has 306 valence electrons. The van der Waals surface area contributed by atoms with Crippen LogP contribution in [0.3, 0.4) is 0 Å². The standard InChI is InChI=1S/C44H89NO6/c1-9-11-13-15-17-19-21-23-25-27-29-31-34-47-38-41(48-35-32-30-28-26-24-22-20-18-16-14-12-10-2)37-45-42(46)49-36-33-43(5,6)50-39-44(7,8)51-40(3)4/h40-41H,9-39H2,1-8H3,(H,45,46). The summed E-state index contributed by atoms with van der Waals surface area (Å²) >= 11 is 0. The highest BCUT2D eigenvalue weighted by Crippen LogP contribution is 2.21. The molecule has 7 nitrogen and oxygen atoms in total. The van der Waals surface area contributed by atoms with Crippen LogP contribution in [0.1, 0.15) is 216 Å². The Bertz CT molecular complexity index is 743. The van der Waals surface area contributed by atoms with Gasteiger partial charge in [0.15, 0.2) is 0 Å². The number of nitrogens with one attached hydrogen (secondary N) is 1. The highest BCUT2D eigenvalue weighted by atomic mass is 16.6. The van der Waals surface area contributed by atoms with Gasteiger partial charge in [0.25, 0.3) is 0 Å². The van der Waals surface area contributed by atoms with E-state index in [1.807, 2.05) is 41.5 Å². The van der Waals surface area contributed by atoms with Gasteiger partial charge in [0.1, 0.15) is 0 Å². The fourth-order valence-corrected chi connectivity index (χ4v) is 6.37. The first-order valence-electron chi connectivity index (χ1n) is 21.9. The van der Waals surface area contributed by atoms with Crippen molar-refractivity contribution < 1.29 is 28.5 Å². The minimum Gasteiger partial charge on any atom is -0.449 e. The number of hydrogen-bond donors (Lipinski definition) is 1. The molecule has 1 unspecified atom stereocenters. The molecule has 0 aliphatic carbocycles. The number of carbonyl (C=O) groups is 1. The fourth-order valence-electron chi connectivity index (χ4n) is 6.37. The number of rotatable bonds is 39. The fraction of sp³-hybridized carbons (Fsp3) is 0.977. The van der Waals surface area contributed by atoms with Crippen LogP contribution in [0.2, 0.25) is 0 Å². The normalized spacial score (nSPS) is 12.9. The summed E-state index contributed by atoms with van der Waals surface area (Å²) in [5.74, 6) is 0. The second-order valence-corrected chi connectivity index (χ2v) is 16.6. The molecule has 0 saturated carbocycles. The molecule has 0 radical (unpaired) electrons. The predicted molar refractivity (Wildman–Crippen MR) is 217 cm³/mol. The molecule has 0 aromatic heterocycles. The Hall–Kier alpha value is -0.890. The van der Waals surface area contributed by atoms with Crippen molar-refractivity contribution in [2.45, 2.75) is 239 Å². The van der Waals surface area contributed by atoms with Crippen molar-refractivity contribution >= 4 is 6.09 Å². The Labute approximate surface area is 318 Å². The van der Waals surface area contributed by atoms with E-state index in [9.17, 15) is 4.79 Å². The van der Waals surface area contributed by atoms with Gasteiger partial charge >= 0.3 is 6.09 Å². The largest absolute Gasteiger partial charge is 0.449 e. The number of hydrogen-bond acceptors (Lipinski definition) is 6. The lowest BCUT2D eigenvalue weighted by Crippen LogP contribution is -2.39. The molecule has 0 aliphatic rings. The average molecular weight is 728 g/mol. The second-order valence-electron chi connectivity index (χ2n) is 16.6. The number of ether oxygens (including phenoxy) is 5. The van der Waals surface area contributed by atoms with Crippen LogP contribution < -0.4 is 5.32 Å². The molecule has 1 atom stereocenters. The van der Waals surface area contributed by atoms with Gasteiger partial charge in [0.05, 0.1) is 43.2 Å². The van der Waals surface area contributed by atoms with Crippen LogP contribution in [0, 0.1) is 0 Å². The Kier molecular flexibility index (Phi) is 34.2. The molecule has 51 heavy (non-hydrogen) atoms. The van der Waals surface area contributed by atoms with E-state index < -0.39 is 11.7 Å². The lowest BCUT2D eigenvalue weighted by molar-refractivity contribution is -0.140. The summed E-state index contributed by atoms with van der Waals surface area (Å²) in [6, 6.07) is 0. The van der Waals surface area contributed by atoms with Crippen molar-refractivity contribution in [1.82, 2.24) is 5.32 Å². The van der Waals surface area contributed by atoms with Gasteiger partial charge in [-0.25, -0.2) is 4.79 Å². The van der Waals surface area contributed by atoms with Crippen molar-refractivity contribution in [2.24, 2.45) is 0 Å². The number of carbonyl (C=O) groups excluding carboxylic acids is 1. The van der Waals surface area contributed by atoms with E-state index in [4.69, 9.17) is 23.7 Å². The Morgan fingerprint density at radius 3 is 1.45 bits per heavy atom. The second kappa shape index (κ2) is 34.9. The van der Waals surface area contributed by atoms with Crippen molar-refractivity contribution in [3.8, 4) is 0 Å². The number of alkyl carbamates (subject to hydrolysis) is 1. The monoisotopic (exact) mass is 728 g/mol. The summed E-state index contributed by atoms with van der Waals surface area (Å²) < 4.78 is 29.9. The number of unbranched alkanes of at least 4 members (excludes halogenated alkanes) is 22. The summed E-state index contributed by atoms with van der Waals surface area (Å²) in [5.41, 5.74) is -0.805. The molecule has 0 aromatic rings. The molecule has 1 N–H and O–H groups in total. The van der Waals surface area contributed by atoms with E-state index in [0.29, 0.717) is 32.8 Å². The zero-order valence-electron chi connectivity index (χ0n) is 35.5. The Morgan fingerprint density at radius 2 is 1.00 bits per heavy atom. The zero-order chi connectivity index (χ0) is 37.9. The Balaban J connectivity index is 4.35. The van der Waals surface area contributed by atoms with Gasteiger partial charge in [0, 0.05) is 26.2 Å². The average Bonchev–Trinajstić information content (AvgIpc) is 3.07. The van der Waals surface area contributed by atoms with Crippen LogP contribution in [0.15, 0.2) is 0 Å². The first kappa shape index (κ1) is 50.1. The molecule has 0 heterocycles. The molecule has 0 spiro atoms. The summed E-state index contributed by atoms with van der Waals surface area (Å²) in [4.78, 5) is 12.6. The lowest BCUT2D eigenvalue weighted by atomic mass is 10.0. The van der Waals surface area contributed by atoms with Crippen LogP contribution >= 0.6 is 0 Å². The summed E-state index contributed by atoms with van der Waals surface area (Å²) in [6.07, 6.45) is 32.0. The molecule has 0 aliphatic heterocycles. The van der Waals surface area contributed by atoms with E-state index >= 15 is 0 Å². The van der Waals surface area contributed by atoms with Gasteiger partial charge in [-0.05, 0) is 54.4 Å². The minimum atomic E-state index is -0.431. The highest BCUT2D eigenvalue weighted by molar-refractivity contribution is 5.67. The lowest BCUT2D eigenvalue weighted by Gasteiger charge is -2.33. The predicted octanol–water partition coefficient (Wildman–Crippen LogP) is 12.9. The van der Waals surface area contributed by atoms with Gasteiger partial charge in [0.2, 0.25) is 0 Å². The van der Waals surface area contributed by atoms with E-state index in [-0.39, 0.29) is 24.4 Å². The number of amides is 1. The first-order chi connectivity index (χ1) is 24.5. The molecule has 0 aromatic carbocycles. The third kappa shape index (κ3) is 37.2. The van der Waals surface area contributed by atoms with E-state index in [1.165, 1.54) is 141 Å². The van der Waals surface area contributed by atoms with Gasteiger partial charge in [-0.3, -0.25) is 0 Å². The van der Waals surface area contributed by atoms with Gasteiger partial charge in [-0.15, -0.1) is 0 Å². The SMILES string of the molecule is CCCCCCCCCCCCCCOCC(CNC(=O)OCCC(C)(C)OCC(C)(C)OC(C)C)OCCCCCCCCCCCCCC. The van der Waals surface area contributed by atoms with Crippen molar-refractivity contribution in [2.75, 3.05) is 39.6 Å². The third-order valence-electron chi connectivity index (χ3n) is 9.57. The zero-order valence-corrected chi connectivity index (χ0v) is 35.5. The van der Waals surface area contributed by atoms with Gasteiger partial charge in [-0.2, -0.15) is 0 Å². The minimum absolute atomic E-state index is 0.135. The molecular weight excluding hydrogens is 638 g/mol. The van der Waals surface area contributed by atoms with Crippen LogP contribution in [-0.4, -0.2) is 69.1 Å². The van der Waals surface area contributed by atoms with E-state index in [0.717, 1.165) is 19.4 Å². The summed E-state index contributed by atoms with van der Waals surface area (Å²) in [7, 11) is 0. The first-order valence-corrected chi connectivity index (χ1v) is 21.9. The quantitative estimate of drug-likeness (QED) is 0.0635. The van der Waals surface area contributed by atoms with Crippen LogP contribution in [-0.2, 0) is 23.7 Å². The van der Waals surface area contributed by atoms with Crippen molar-refractivity contribution in [3.63, 3.8) is 0 Å². The molecular formula is C44H89NO6. The molecule has 0 fully saturated rings. The molecule has 0 rings (SSSR count). The molecule has 0 saturated heterocycles. The Morgan fingerprint density at radius 1 is 0.569 bits per heavy atom. The maximum Gasteiger partial charge on any atom is 0.407 e. The molecule has 7 heteroatoms. The van der Waals surface area contributed by atoms with Crippen molar-refractivity contribution in [3.05, 3.63) is 0 Å². The summed E-state index contributed by atoms with van der Waals surface area (Å²) in [5, 5.41) is 2.92.